The number of benzene rings is 1. The zero-order valence-corrected chi connectivity index (χ0v) is 11.5. The summed E-state index contributed by atoms with van der Waals surface area (Å²) in [6.45, 7) is 3.32. The highest BCUT2D eigenvalue weighted by atomic mass is 32.2. The summed E-state index contributed by atoms with van der Waals surface area (Å²) in [7, 11) is -3.12. The number of hydrogen-bond donors (Lipinski definition) is 2. The summed E-state index contributed by atoms with van der Waals surface area (Å²) >= 11 is 5.02. The third-order valence-corrected chi connectivity index (χ3v) is 3.56. The van der Waals surface area contributed by atoms with E-state index in [0.29, 0.717) is 16.6 Å². The van der Waals surface area contributed by atoms with Crippen molar-refractivity contribution in [2.45, 2.75) is 18.4 Å². The molecule has 0 saturated heterocycles. The first-order valence-electron chi connectivity index (χ1n) is 5.24. The van der Waals surface area contributed by atoms with Crippen LogP contribution in [-0.2, 0) is 16.4 Å². The molecule has 0 atom stereocenters. The summed E-state index contributed by atoms with van der Waals surface area (Å²) in [6.07, 6.45) is 1.19. The Morgan fingerprint density at radius 2 is 1.82 bits per heavy atom. The van der Waals surface area contributed by atoms with E-state index in [1.165, 1.54) is 6.26 Å². The predicted octanol–water partition coefficient (Wildman–Crippen LogP) is 1.07. The molecule has 0 amide bonds. The van der Waals surface area contributed by atoms with Gasteiger partial charge in [-0.2, -0.15) is 0 Å². The minimum Gasteiger partial charge on any atom is -0.363 e. The lowest BCUT2D eigenvalue weighted by molar-refractivity contribution is 0.602. The first kappa shape index (κ1) is 13.9. The Morgan fingerprint density at radius 3 is 2.29 bits per heavy atom. The predicted molar refractivity (Wildman–Crippen MR) is 72.7 cm³/mol. The summed E-state index contributed by atoms with van der Waals surface area (Å²) < 4.78 is 22.5. The highest BCUT2D eigenvalue weighted by molar-refractivity contribution is 7.90. The Bertz CT molecular complexity index is 481. The Balaban J connectivity index is 2.60. The lowest BCUT2D eigenvalue weighted by atomic mass is 10.2. The highest BCUT2D eigenvalue weighted by Crippen LogP contribution is 2.09. The molecule has 6 heteroatoms. The molecule has 0 aliphatic carbocycles. The summed E-state index contributed by atoms with van der Waals surface area (Å²) in [4.78, 5) is 0.329. The van der Waals surface area contributed by atoms with Crippen molar-refractivity contribution in [2.24, 2.45) is 0 Å². The van der Waals surface area contributed by atoms with Gasteiger partial charge in [-0.25, -0.2) is 8.42 Å². The average Bonchev–Trinajstić information content (AvgIpc) is 2.26. The molecule has 1 aromatic rings. The molecule has 4 nitrogen and oxygen atoms in total. The summed E-state index contributed by atoms with van der Waals surface area (Å²) in [6, 6.07) is 6.75. The van der Waals surface area contributed by atoms with E-state index in [4.69, 9.17) is 12.2 Å². The maximum Gasteiger partial charge on any atom is 0.175 e. The van der Waals surface area contributed by atoms with Crippen LogP contribution in [0.3, 0.4) is 0 Å². The monoisotopic (exact) mass is 272 g/mol. The van der Waals surface area contributed by atoms with Crippen LogP contribution in [-0.4, -0.2) is 26.3 Å². The topological polar surface area (TPSA) is 58.2 Å². The largest absolute Gasteiger partial charge is 0.363 e. The highest BCUT2D eigenvalue weighted by Gasteiger charge is 2.05. The molecule has 94 valence electrons. The van der Waals surface area contributed by atoms with Crippen molar-refractivity contribution in [3.63, 3.8) is 0 Å². The number of nitrogens with one attached hydrogen (secondary N) is 2. The van der Waals surface area contributed by atoms with Crippen LogP contribution < -0.4 is 10.6 Å². The summed E-state index contributed by atoms with van der Waals surface area (Å²) in [5.41, 5.74) is 0.984. The van der Waals surface area contributed by atoms with E-state index in [-0.39, 0.29) is 0 Å². The molecule has 1 rings (SSSR count). The van der Waals surface area contributed by atoms with Crippen LogP contribution in [0.4, 0.5) is 0 Å². The molecule has 0 fully saturated rings. The van der Waals surface area contributed by atoms with Crippen molar-refractivity contribution in [3.8, 4) is 0 Å². The van der Waals surface area contributed by atoms with Crippen LogP contribution in [0.25, 0.3) is 0 Å². The Morgan fingerprint density at radius 1 is 1.24 bits per heavy atom. The minimum absolute atomic E-state index is 0.329. The van der Waals surface area contributed by atoms with Crippen LogP contribution in [0.2, 0.25) is 0 Å². The maximum atomic E-state index is 11.2. The molecular formula is C11H16N2O2S2. The van der Waals surface area contributed by atoms with Crippen molar-refractivity contribution in [2.75, 3.05) is 12.8 Å². The van der Waals surface area contributed by atoms with Gasteiger partial charge >= 0.3 is 0 Å². The van der Waals surface area contributed by atoms with Gasteiger partial charge in [0.1, 0.15) is 0 Å². The molecule has 1 aromatic carbocycles. The van der Waals surface area contributed by atoms with E-state index in [0.717, 1.165) is 12.1 Å². The molecule has 17 heavy (non-hydrogen) atoms. The van der Waals surface area contributed by atoms with Gasteiger partial charge in [0.15, 0.2) is 14.9 Å². The van der Waals surface area contributed by atoms with Gasteiger partial charge in [-0.05, 0) is 36.8 Å². The van der Waals surface area contributed by atoms with Gasteiger partial charge < -0.3 is 10.6 Å². The van der Waals surface area contributed by atoms with E-state index in [1.807, 2.05) is 6.92 Å². The normalized spacial score (nSPS) is 10.9. The lowest BCUT2D eigenvalue weighted by Gasteiger charge is -2.08. The molecule has 0 aromatic heterocycles. The number of thiocarbonyl (C=S) groups is 1. The average molecular weight is 272 g/mol. The zero-order chi connectivity index (χ0) is 12.9. The van der Waals surface area contributed by atoms with E-state index >= 15 is 0 Å². The number of hydrogen-bond acceptors (Lipinski definition) is 3. The lowest BCUT2D eigenvalue weighted by Crippen LogP contribution is -2.34. The molecule has 2 N–H and O–H groups in total. The van der Waals surface area contributed by atoms with Gasteiger partial charge in [-0.15, -0.1) is 0 Å². The molecule has 0 aliphatic rings. The third kappa shape index (κ3) is 4.70. The minimum atomic E-state index is -3.12. The van der Waals surface area contributed by atoms with Crippen molar-refractivity contribution < 1.29 is 8.42 Å². The quantitative estimate of drug-likeness (QED) is 0.803. The van der Waals surface area contributed by atoms with Crippen LogP contribution in [0, 0.1) is 0 Å². The van der Waals surface area contributed by atoms with E-state index in [1.54, 1.807) is 24.3 Å². The van der Waals surface area contributed by atoms with Crippen molar-refractivity contribution in [1.82, 2.24) is 10.6 Å². The standard InChI is InChI=1S/C11H16N2O2S2/c1-3-12-11(16)13-8-9-4-6-10(7-5-9)17(2,14)15/h4-7H,3,8H2,1-2H3,(H2,12,13,16). The molecule has 0 radical (unpaired) electrons. The van der Waals surface area contributed by atoms with Crippen LogP contribution in [0.15, 0.2) is 29.2 Å². The summed E-state index contributed by atoms with van der Waals surface area (Å²) in [5.74, 6) is 0. The fraction of sp³-hybridized carbons (Fsp3) is 0.364. The van der Waals surface area contributed by atoms with Crippen LogP contribution in [0.1, 0.15) is 12.5 Å². The molecule has 0 spiro atoms. The fourth-order valence-electron chi connectivity index (χ4n) is 1.26. The second-order valence-electron chi connectivity index (χ2n) is 3.63. The van der Waals surface area contributed by atoms with Gasteiger partial charge in [0, 0.05) is 19.3 Å². The van der Waals surface area contributed by atoms with Gasteiger partial charge in [-0.1, -0.05) is 12.1 Å². The van der Waals surface area contributed by atoms with Gasteiger partial charge in [0.2, 0.25) is 0 Å². The van der Waals surface area contributed by atoms with Crippen LogP contribution >= 0.6 is 12.2 Å². The number of rotatable bonds is 4. The zero-order valence-electron chi connectivity index (χ0n) is 9.86. The molecular weight excluding hydrogens is 256 g/mol. The molecule has 0 unspecified atom stereocenters. The van der Waals surface area contributed by atoms with Crippen LogP contribution in [0.5, 0.6) is 0 Å². The Kier molecular flexibility index (Phi) is 4.89. The van der Waals surface area contributed by atoms with Gasteiger partial charge in [0.25, 0.3) is 0 Å². The maximum absolute atomic E-state index is 11.2. The smallest absolute Gasteiger partial charge is 0.175 e. The van der Waals surface area contributed by atoms with Crippen molar-refractivity contribution in [1.29, 1.82) is 0 Å². The SMILES string of the molecule is CCNC(=S)NCc1ccc(S(C)(=O)=O)cc1. The van der Waals surface area contributed by atoms with E-state index in [2.05, 4.69) is 10.6 Å². The third-order valence-electron chi connectivity index (χ3n) is 2.14. The molecule has 0 aliphatic heterocycles. The summed E-state index contributed by atoms with van der Waals surface area (Å²) in [5, 5.41) is 6.60. The van der Waals surface area contributed by atoms with E-state index in [9.17, 15) is 8.42 Å². The van der Waals surface area contributed by atoms with Crippen molar-refractivity contribution in [3.05, 3.63) is 29.8 Å². The molecule has 0 heterocycles. The molecule has 0 saturated carbocycles. The Labute approximate surface area is 107 Å². The first-order valence-corrected chi connectivity index (χ1v) is 7.54. The number of sulfone groups is 1. The fourth-order valence-corrected chi connectivity index (χ4v) is 2.11. The Hall–Kier alpha value is -1.14. The van der Waals surface area contributed by atoms with Crippen molar-refractivity contribution >= 4 is 27.2 Å². The first-order chi connectivity index (χ1) is 7.93. The van der Waals surface area contributed by atoms with Gasteiger partial charge in [0.05, 0.1) is 4.90 Å². The van der Waals surface area contributed by atoms with Gasteiger partial charge in [-0.3, -0.25) is 0 Å². The molecule has 0 bridgehead atoms. The second kappa shape index (κ2) is 5.97. The van der Waals surface area contributed by atoms with E-state index < -0.39 is 9.84 Å². The second-order valence-corrected chi connectivity index (χ2v) is 6.05.